The second kappa shape index (κ2) is 10.1. The topological polar surface area (TPSA) is 119 Å². The Morgan fingerprint density at radius 2 is 1.98 bits per heavy atom. The monoisotopic (exact) mass is 612 g/mol. The molecule has 5 heterocycles. The van der Waals surface area contributed by atoms with Crippen LogP contribution in [0.25, 0.3) is 10.9 Å². The molecule has 3 aromatic rings. The van der Waals surface area contributed by atoms with Crippen LogP contribution in [0.15, 0.2) is 54.7 Å². The molecule has 1 aromatic heterocycles. The maximum absolute atomic E-state index is 14.6. The number of aromatic nitrogens is 1. The summed E-state index contributed by atoms with van der Waals surface area (Å²) in [5, 5.41) is 16.6. The summed E-state index contributed by atoms with van der Waals surface area (Å²) >= 11 is 0. The number of likely N-dealkylation sites (N-methyl/N-ethyl adjacent to an activating group) is 1. The van der Waals surface area contributed by atoms with Gasteiger partial charge in [-0.05, 0) is 42.0 Å². The third kappa shape index (κ3) is 4.08. The number of quaternary nitrogens is 1. The molecule has 4 N–H and O–H groups in total. The van der Waals surface area contributed by atoms with Crippen molar-refractivity contribution in [3.8, 4) is 0 Å². The van der Waals surface area contributed by atoms with Crippen molar-refractivity contribution in [3.05, 3.63) is 71.4 Å². The molecular weight excluding hydrogens is 570 g/mol. The lowest BCUT2D eigenvalue weighted by Gasteiger charge is -2.48. The van der Waals surface area contributed by atoms with E-state index in [0.717, 1.165) is 17.5 Å². The van der Waals surface area contributed by atoms with Crippen LogP contribution in [0.1, 0.15) is 55.7 Å². The summed E-state index contributed by atoms with van der Waals surface area (Å²) in [4.78, 5) is 50.5. The van der Waals surface area contributed by atoms with Gasteiger partial charge >= 0.3 is 0 Å². The van der Waals surface area contributed by atoms with E-state index >= 15 is 0 Å². The summed E-state index contributed by atoms with van der Waals surface area (Å²) < 4.78 is 6.52. The zero-order valence-electron chi connectivity index (χ0n) is 26.1. The smallest absolute Gasteiger partial charge is 0.281 e. The first-order chi connectivity index (χ1) is 21.6. The summed E-state index contributed by atoms with van der Waals surface area (Å²) in [6, 6.07) is 14.6. The molecule has 1 unspecified atom stereocenters. The number of hydrogen-bond acceptors (Lipinski definition) is 5. The molecule has 4 aliphatic heterocycles. The standard InChI is InChI=1S/C35H41N5O5/c1-20(2)34(37-31(41)23-16-25-24-11-7-12-26-30(24)22(18-36-26)17-27(25)38(3)19-23)33(43)40-28(15-21-9-5-4-6-10-21)32(42)39-14-8-13-29(39)35(40,44)45-34/h4-7,9-12,18,20,23,25,27-29,36,44H,8,13-17,19H2,1-3H3,(H,37,41)/p+1/t23-,25-,27+,28-,29-,34-,35+/m1/s1. The van der Waals surface area contributed by atoms with Gasteiger partial charge in [0.15, 0.2) is 0 Å². The van der Waals surface area contributed by atoms with E-state index in [1.54, 1.807) is 4.90 Å². The van der Waals surface area contributed by atoms with Crippen molar-refractivity contribution in [1.82, 2.24) is 20.1 Å². The molecule has 0 saturated carbocycles. The van der Waals surface area contributed by atoms with Gasteiger partial charge in [0.25, 0.3) is 11.8 Å². The highest BCUT2D eigenvalue weighted by Crippen LogP contribution is 2.48. The number of carbonyl (C=O) groups excluding carboxylic acids is 3. The molecule has 1 aliphatic carbocycles. The van der Waals surface area contributed by atoms with Crippen molar-refractivity contribution >= 4 is 28.6 Å². The SMILES string of the molecule is CC(C)[C@@]1(NC(=O)[C@@H]2C[C@@H]3c4cccc5[nH]cc(c45)C[C@@H]3[NH+](C)C2)O[C@@]2(O)[C@H]3CCCN3C(=O)[C@@H](Cc3ccccc3)N2C1=O. The zero-order chi connectivity index (χ0) is 31.2. The average molecular weight is 613 g/mol. The lowest BCUT2D eigenvalue weighted by Crippen LogP contribution is -3.16. The Balaban J connectivity index is 1.12. The average Bonchev–Trinajstić information content (AvgIpc) is 3.74. The number of aliphatic hydroxyl groups is 1. The number of carbonyl (C=O) groups is 3. The van der Waals surface area contributed by atoms with Crippen LogP contribution in [-0.2, 0) is 32.0 Å². The van der Waals surface area contributed by atoms with Gasteiger partial charge in [-0.15, -0.1) is 0 Å². The summed E-state index contributed by atoms with van der Waals surface area (Å²) in [5.74, 6) is -3.69. The van der Waals surface area contributed by atoms with Crippen LogP contribution in [0.4, 0.5) is 0 Å². The summed E-state index contributed by atoms with van der Waals surface area (Å²) in [6.07, 6.45) is 5.20. The normalized spacial score (nSPS) is 35.5. The van der Waals surface area contributed by atoms with Crippen molar-refractivity contribution in [2.24, 2.45) is 11.8 Å². The number of nitrogens with one attached hydrogen (secondary N) is 3. The van der Waals surface area contributed by atoms with Crippen molar-refractivity contribution < 1.29 is 29.1 Å². The Labute approximate surface area is 262 Å². The van der Waals surface area contributed by atoms with E-state index in [0.29, 0.717) is 38.4 Å². The first kappa shape index (κ1) is 28.7. The predicted molar refractivity (Wildman–Crippen MR) is 166 cm³/mol. The largest absolute Gasteiger partial charge is 0.361 e. The van der Waals surface area contributed by atoms with Crippen molar-refractivity contribution in [2.75, 3.05) is 20.1 Å². The fraction of sp³-hybridized carbons (Fsp3) is 0.514. The Hall–Kier alpha value is -3.73. The number of amides is 3. The highest BCUT2D eigenvalue weighted by molar-refractivity contribution is 5.98. The first-order valence-electron chi connectivity index (χ1n) is 16.5. The molecule has 4 saturated heterocycles. The molecule has 0 bridgehead atoms. The summed E-state index contributed by atoms with van der Waals surface area (Å²) in [6.45, 7) is 4.78. The molecule has 0 radical (unpaired) electrons. The first-order valence-corrected chi connectivity index (χ1v) is 16.5. The summed E-state index contributed by atoms with van der Waals surface area (Å²) in [5.41, 5.74) is 2.81. The van der Waals surface area contributed by atoms with E-state index < -0.39 is 35.5 Å². The minimum Gasteiger partial charge on any atom is -0.361 e. The number of nitrogens with zero attached hydrogens (tertiary/aromatic N) is 2. The van der Waals surface area contributed by atoms with E-state index in [-0.39, 0.29) is 30.1 Å². The van der Waals surface area contributed by atoms with E-state index in [1.807, 2.05) is 44.2 Å². The quantitative estimate of drug-likeness (QED) is 0.347. The van der Waals surface area contributed by atoms with Crippen molar-refractivity contribution in [1.29, 1.82) is 0 Å². The Morgan fingerprint density at radius 3 is 2.76 bits per heavy atom. The number of aromatic amines is 1. The number of rotatable bonds is 5. The molecule has 236 valence electrons. The van der Waals surface area contributed by atoms with Crippen LogP contribution in [0.3, 0.4) is 0 Å². The van der Waals surface area contributed by atoms with Gasteiger partial charge in [-0.1, -0.05) is 56.3 Å². The van der Waals surface area contributed by atoms with Gasteiger partial charge in [-0.2, -0.15) is 0 Å². The second-order valence-corrected chi connectivity index (χ2v) is 14.2. The third-order valence-electron chi connectivity index (χ3n) is 11.4. The van der Waals surface area contributed by atoms with Crippen LogP contribution in [0.5, 0.6) is 0 Å². The molecule has 8 atom stereocenters. The predicted octanol–water partition coefficient (Wildman–Crippen LogP) is 1.30. The number of fused-ring (bicyclic) bond motifs is 5. The fourth-order valence-electron chi connectivity index (χ4n) is 9.15. The van der Waals surface area contributed by atoms with Gasteiger partial charge in [0, 0.05) is 48.3 Å². The van der Waals surface area contributed by atoms with Crippen molar-refractivity contribution in [2.45, 2.75) is 81.6 Å². The highest BCUT2D eigenvalue weighted by atomic mass is 16.7. The van der Waals surface area contributed by atoms with Crippen LogP contribution < -0.4 is 10.2 Å². The number of hydrogen-bond donors (Lipinski definition) is 4. The molecule has 4 fully saturated rings. The molecule has 10 nitrogen and oxygen atoms in total. The minimum absolute atomic E-state index is 0.187. The maximum atomic E-state index is 14.6. The second-order valence-electron chi connectivity index (χ2n) is 14.2. The highest BCUT2D eigenvalue weighted by Gasteiger charge is 2.72. The number of benzene rings is 2. The molecular formula is C35H42N5O5+. The molecule has 45 heavy (non-hydrogen) atoms. The minimum atomic E-state index is -2.04. The fourth-order valence-corrected chi connectivity index (χ4v) is 9.15. The lowest BCUT2D eigenvalue weighted by molar-refractivity contribution is -0.915. The number of piperidine rings is 1. The van der Waals surface area contributed by atoms with E-state index in [4.69, 9.17) is 4.74 Å². The lowest BCUT2D eigenvalue weighted by atomic mass is 9.72. The molecule has 5 aliphatic rings. The van der Waals surface area contributed by atoms with E-state index in [9.17, 15) is 19.5 Å². The van der Waals surface area contributed by atoms with Gasteiger partial charge in [0.1, 0.15) is 12.1 Å². The number of likely N-dealkylation sites (tertiary alicyclic amines) is 1. The molecule has 3 amide bonds. The van der Waals surface area contributed by atoms with E-state index in [2.05, 4.69) is 41.7 Å². The van der Waals surface area contributed by atoms with E-state index in [1.165, 1.54) is 26.3 Å². The number of H-pyrrole nitrogens is 1. The zero-order valence-corrected chi connectivity index (χ0v) is 26.1. The summed E-state index contributed by atoms with van der Waals surface area (Å²) in [7, 11) is 2.15. The Kier molecular flexibility index (Phi) is 6.47. The van der Waals surface area contributed by atoms with Gasteiger partial charge in [-0.3, -0.25) is 24.0 Å². The van der Waals surface area contributed by atoms with Crippen LogP contribution in [0, 0.1) is 11.8 Å². The Bertz CT molecular complexity index is 1690. The number of ether oxygens (including phenoxy) is 1. The Morgan fingerprint density at radius 1 is 1.18 bits per heavy atom. The molecule has 8 rings (SSSR count). The van der Waals surface area contributed by atoms with Gasteiger partial charge in [-0.25, -0.2) is 0 Å². The van der Waals surface area contributed by atoms with Crippen molar-refractivity contribution in [3.63, 3.8) is 0 Å². The third-order valence-corrected chi connectivity index (χ3v) is 11.4. The maximum Gasteiger partial charge on any atom is 0.281 e. The van der Waals surface area contributed by atoms with Gasteiger partial charge < -0.3 is 25.2 Å². The molecule has 2 aromatic carbocycles. The van der Waals surface area contributed by atoms with Gasteiger partial charge in [0.2, 0.25) is 17.5 Å². The van der Waals surface area contributed by atoms with Crippen LogP contribution in [0.2, 0.25) is 0 Å². The number of piperazine rings is 1. The van der Waals surface area contributed by atoms with Gasteiger partial charge in [0.05, 0.1) is 25.6 Å². The van der Waals surface area contributed by atoms with Crippen LogP contribution in [-0.4, -0.2) is 87.5 Å². The van der Waals surface area contributed by atoms with Crippen LogP contribution >= 0.6 is 0 Å². The molecule has 10 heteroatoms. The molecule has 0 spiro atoms.